The lowest BCUT2D eigenvalue weighted by atomic mass is 10.1. The van der Waals surface area contributed by atoms with Crippen molar-refractivity contribution in [3.05, 3.63) is 69.5 Å². The highest BCUT2D eigenvalue weighted by molar-refractivity contribution is 6.21. The average molecular weight is 484 g/mol. The SMILES string of the molecule is O=C([O-])c1cn(-c2ccc(CN3CCCC3)cc2)c2c(OC(F)(F)Cl)c(F)c(F)cc2c1=O. The van der Waals surface area contributed by atoms with Crippen molar-refractivity contribution in [2.45, 2.75) is 25.0 Å². The van der Waals surface area contributed by atoms with E-state index in [1.54, 1.807) is 12.1 Å². The molecule has 0 atom stereocenters. The van der Waals surface area contributed by atoms with Crippen molar-refractivity contribution < 1.29 is 32.2 Å². The fourth-order valence-electron chi connectivity index (χ4n) is 3.92. The molecule has 1 saturated heterocycles. The predicted octanol–water partition coefficient (Wildman–Crippen LogP) is 3.40. The van der Waals surface area contributed by atoms with Gasteiger partial charge in [-0.1, -0.05) is 12.1 Å². The third-order valence-corrected chi connectivity index (χ3v) is 5.47. The van der Waals surface area contributed by atoms with Crippen molar-refractivity contribution in [2.75, 3.05) is 13.1 Å². The summed E-state index contributed by atoms with van der Waals surface area (Å²) in [5, 5.41) is 10.8. The molecule has 0 bridgehead atoms. The Balaban J connectivity index is 1.94. The molecule has 1 aliphatic rings. The van der Waals surface area contributed by atoms with Crippen molar-refractivity contribution in [3.63, 3.8) is 0 Å². The lowest BCUT2D eigenvalue weighted by molar-refractivity contribution is -0.255. The first-order chi connectivity index (χ1) is 15.5. The quantitative estimate of drug-likeness (QED) is 0.397. The molecule has 6 nitrogen and oxygen atoms in total. The summed E-state index contributed by atoms with van der Waals surface area (Å²) >= 11 is 4.77. The minimum absolute atomic E-state index is 0.182. The summed E-state index contributed by atoms with van der Waals surface area (Å²) < 4.78 is 60.5. The number of nitrogens with zero attached hydrogens (tertiary/aromatic N) is 2. The molecule has 0 unspecified atom stereocenters. The molecule has 2 heterocycles. The number of fused-ring (bicyclic) bond motifs is 1. The molecule has 0 radical (unpaired) electrons. The number of hydrogen-bond donors (Lipinski definition) is 0. The maximum Gasteiger partial charge on any atom is 0.487 e. The molecular weight excluding hydrogens is 468 g/mol. The number of aromatic nitrogens is 1. The third-order valence-electron chi connectivity index (χ3n) is 5.40. The Morgan fingerprint density at radius 3 is 2.36 bits per heavy atom. The molecule has 0 aliphatic carbocycles. The van der Waals surface area contributed by atoms with Gasteiger partial charge < -0.3 is 19.2 Å². The number of alkyl halides is 3. The van der Waals surface area contributed by atoms with Gasteiger partial charge in [0.25, 0.3) is 0 Å². The Bertz CT molecular complexity index is 1280. The first kappa shape index (κ1) is 23.1. The van der Waals surface area contributed by atoms with Gasteiger partial charge in [-0.2, -0.15) is 4.39 Å². The highest BCUT2D eigenvalue weighted by Gasteiger charge is 2.33. The molecule has 1 fully saturated rings. The van der Waals surface area contributed by atoms with Gasteiger partial charge in [0, 0.05) is 30.0 Å². The molecule has 2 aromatic carbocycles. The van der Waals surface area contributed by atoms with Crippen LogP contribution in [-0.2, 0) is 6.54 Å². The maximum atomic E-state index is 14.5. The van der Waals surface area contributed by atoms with Crippen LogP contribution in [0.2, 0.25) is 0 Å². The van der Waals surface area contributed by atoms with Gasteiger partial charge in [-0.15, -0.1) is 8.78 Å². The van der Waals surface area contributed by atoms with Crippen molar-refractivity contribution in [2.24, 2.45) is 0 Å². The largest absolute Gasteiger partial charge is 0.545 e. The molecule has 3 aromatic rings. The number of pyridine rings is 1. The van der Waals surface area contributed by atoms with Crippen LogP contribution in [0.1, 0.15) is 28.8 Å². The summed E-state index contributed by atoms with van der Waals surface area (Å²) in [6.07, 6.45) is 2.99. The van der Waals surface area contributed by atoms with Gasteiger partial charge in [0.2, 0.25) is 5.82 Å². The van der Waals surface area contributed by atoms with E-state index >= 15 is 0 Å². The molecule has 1 aromatic heterocycles. The summed E-state index contributed by atoms with van der Waals surface area (Å²) in [7, 11) is 0. The van der Waals surface area contributed by atoms with Crippen LogP contribution in [0.5, 0.6) is 5.75 Å². The second kappa shape index (κ2) is 8.68. The zero-order chi connectivity index (χ0) is 23.9. The van der Waals surface area contributed by atoms with E-state index in [0.29, 0.717) is 12.6 Å². The van der Waals surface area contributed by atoms with Crippen LogP contribution in [0.15, 0.2) is 41.3 Å². The van der Waals surface area contributed by atoms with Crippen LogP contribution in [0, 0.1) is 11.6 Å². The second-order valence-electron chi connectivity index (χ2n) is 7.62. The van der Waals surface area contributed by atoms with E-state index in [4.69, 9.17) is 11.6 Å². The third kappa shape index (κ3) is 4.67. The van der Waals surface area contributed by atoms with Gasteiger partial charge in [0.05, 0.1) is 16.9 Å². The fraction of sp³-hybridized carbons (Fsp3) is 0.273. The number of aromatic carboxylic acids is 1. The van der Waals surface area contributed by atoms with Crippen LogP contribution in [-0.4, -0.2) is 34.1 Å². The van der Waals surface area contributed by atoms with Gasteiger partial charge in [-0.05, 0) is 49.7 Å². The van der Waals surface area contributed by atoms with E-state index in [2.05, 4.69) is 9.64 Å². The number of ether oxygens (including phenoxy) is 1. The lowest BCUT2D eigenvalue weighted by Crippen LogP contribution is -2.30. The van der Waals surface area contributed by atoms with E-state index < -0.39 is 50.8 Å². The van der Waals surface area contributed by atoms with Gasteiger partial charge in [0.15, 0.2) is 17.0 Å². The van der Waals surface area contributed by atoms with E-state index in [-0.39, 0.29) is 5.69 Å². The van der Waals surface area contributed by atoms with E-state index in [9.17, 15) is 32.3 Å². The van der Waals surface area contributed by atoms with Gasteiger partial charge in [0.1, 0.15) is 5.52 Å². The second-order valence-corrected chi connectivity index (χ2v) is 8.06. The van der Waals surface area contributed by atoms with Crippen LogP contribution in [0.3, 0.4) is 0 Å². The highest BCUT2D eigenvalue weighted by Crippen LogP contribution is 2.36. The van der Waals surface area contributed by atoms with E-state index in [1.807, 2.05) is 0 Å². The maximum absolute atomic E-state index is 14.5. The number of carboxylic acids is 1. The zero-order valence-corrected chi connectivity index (χ0v) is 17.7. The number of likely N-dealkylation sites (tertiary alicyclic amines) is 1. The first-order valence-electron chi connectivity index (χ1n) is 9.91. The summed E-state index contributed by atoms with van der Waals surface area (Å²) in [5.74, 6) is -6.73. The Morgan fingerprint density at radius 1 is 1.15 bits per heavy atom. The van der Waals surface area contributed by atoms with Crippen LogP contribution in [0.25, 0.3) is 16.6 Å². The number of carbonyl (C=O) groups is 1. The van der Waals surface area contributed by atoms with Crippen molar-refractivity contribution in [1.82, 2.24) is 9.47 Å². The first-order valence-corrected chi connectivity index (χ1v) is 10.3. The molecule has 11 heteroatoms. The molecule has 0 spiro atoms. The Labute approximate surface area is 189 Å². The normalized spacial score (nSPS) is 14.7. The molecule has 33 heavy (non-hydrogen) atoms. The topological polar surface area (TPSA) is 74.6 Å². The molecule has 0 saturated carbocycles. The molecule has 0 N–H and O–H groups in total. The summed E-state index contributed by atoms with van der Waals surface area (Å²) in [6, 6.07) is 6.90. The number of carboxylic acid groups (broad SMARTS) is 1. The summed E-state index contributed by atoms with van der Waals surface area (Å²) in [6.45, 7) is 2.58. The van der Waals surface area contributed by atoms with Crippen molar-refractivity contribution in [1.29, 1.82) is 0 Å². The smallest absolute Gasteiger partial charge is 0.487 e. The average Bonchev–Trinajstić information content (AvgIpc) is 3.25. The summed E-state index contributed by atoms with van der Waals surface area (Å²) in [4.78, 5) is 26.3. The van der Waals surface area contributed by atoms with Crippen molar-refractivity contribution >= 4 is 28.5 Å². The minimum Gasteiger partial charge on any atom is -0.545 e. The van der Waals surface area contributed by atoms with Gasteiger partial charge >= 0.3 is 5.57 Å². The van der Waals surface area contributed by atoms with Crippen molar-refractivity contribution in [3.8, 4) is 11.4 Å². The van der Waals surface area contributed by atoms with E-state index in [1.165, 1.54) is 12.1 Å². The Kier molecular flexibility index (Phi) is 6.06. The molecule has 1 aliphatic heterocycles. The number of carbonyl (C=O) groups excluding carboxylic acids is 1. The zero-order valence-electron chi connectivity index (χ0n) is 16.9. The van der Waals surface area contributed by atoms with Crippen LogP contribution in [0.4, 0.5) is 17.6 Å². The fourth-order valence-corrected chi connectivity index (χ4v) is 4.00. The molecule has 174 valence electrons. The predicted molar refractivity (Wildman–Crippen MR) is 110 cm³/mol. The highest BCUT2D eigenvalue weighted by atomic mass is 35.5. The molecule has 4 rings (SSSR count). The lowest BCUT2D eigenvalue weighted by Gasteiger charge is -2.20. The van der Waals surface area contributed by atoms with Crippen LogP contribution >= 0.6 is 11.6 Å². The number of hydrogen-bond acceptors (Lipinski definition) is 5. The molecular formula is C22H16ClF4N2O4-. The monoisotopic (exact) mass is 483 g/mol. The molecule has 0 amide bonds. The Hall–Kier alpha value is -3.11. The Morgan fingerprint density at radius 2 is 1.79 bits per heavy atom. The minimum atomic E-state index is -4.44. The number of benzene rings is 2. The van der Waals surface area contributed by atoms with Gasteiger partial charge in [-0.25, -0.2) is 4.39 Å². The summed E-state index contributed by atoms with van der Waals surface area (Å²) in [5.41, 5.74) is -6.08. The van der Waals surface area contributed by atoms with Gasteiger partial charge in [-0.3, -0.25) is 9.69 Å². The number of rotatable bonds is 6. The van der Waals surface area contributed by atoms with Crippen LogP contribution < -0.4 is 15.3 Å². The van der Waals surface area contributed by atoms with E-state index in [0.717, 1.165) is 42.3 Å². The standard InChI is InChI=1S/C22H17ClF4N2O4/c23-22(26,27)33-20-17(25)16(24)9-14-18(20)29(11-15(19(14)30)21(31)32)13-5-3-12(4-6-13)10-28-7-1-2-8-28/h3-6,9,11H,1-2,7-8,10H2,(H,31,32)/p-1. The number of halogens is 5.